The molecule has 1 saturated carbocycles. The fraction of sp³-hybridized carbons (Fsp3) is 0.615. The van der Waals surface area contributed by atoms with Gasteiger partial charge in [-0.2, -0.15) is 4.98 Å². The monoisotopic (exact) mass is 297 g/mol. The SMILES string of the molecule is CCNc1ncc(Cl)c(N(CC(N)=O)C2CCCC2)n1. The molecule has 1 aliphatic rings. The Morgan fingerprint density at radius 3 is 2.85 bits per heavy atom. The highest BCUT2D eigenvalue weighted by atomic mass is 35.5. The lowest BCUT2D eigenvalue weighted by molar-refractivity contribution is -0.116. The van der Waals surface area contributed by atoms with E-state index in [1.54, 1.807) is 6.20 Å². The second-order valence-corrected chi connectivity index (χ2v) is 5.34. The zero-order valence-electron chi connectivity index (χ0n) is 11.6. The van der Waals surface area contributed by atoms with Crippen LogP contribution in [-0.4, -0.2) is 35.0 Å². The molecule has 0 bridgehead atoms. The molecule has 0 aliphatic heterocycles. The van der Waals surface area contributed by atoms with Crippen LogP contribution in [0.2, 0.25) is 5.02 Å². The van der Waals surface area contributed by atoms with Gasteiger partial charge < -0.3 is 16.0 Å². The molecule has 1 aromatic rings. The summed E-state index contributed by atoms with van der Waals surface area (Å²) in [6.07, 6.45) is 5.94. The summed E-state index contributed by atoms with van der Waals surface area (Å²) in [7, 11) is 0. The molecular weight excluding hydrogens is 278 g/mol. The summed E-state index contributed by atoms with van der Waals surface area (Å²) in [5.41, 5.74) is 5.36. The van der Waals surface area contributed by atoms with E-state index in [1.165, 1.54) is 0 Å². The number of hydrogen-bond acceptors (Lipinski definition) is 5. The third-order valence-corrected chi connectivity index (χ3v) is 3.69. The van der Waals surface area contributed by atoms with E-state index >= 15 is 0 Å². The summed E-state index contributed by atoms with van der Waals surface area (Å²) in [6.45, 7) is 2.82. The molecule has 110 valence electrons. The molecule has 2 rings (SSSR count). The predicted molar refractivity (Wildman–Crippen MR) is 80.0 cm³/mol. The molecule has 0 radical (unpaired) electrons. The van der Waals surface area contributed by atoms with Crippen molar-refractivity contribution >= 4 is 29.3 Å². The van der Waals surface area contributed by atoms with E-state index in [-0.39, 0.29) is 18.5 Å². The van der Waals surface area contributed by atoms with E-state index in [0.717, 1.165) is 32.2 Å². The van der Waals surface area contributed by atoms with Crippen molar-refractivity contribution in [1.29, 1.82) is 0 Å². The van der Waals surface area contributed by atoms with Crippen molar-refractivity contribution in [2.24, 2.45) is 5.73 Å². The second-order valence-electron chi connectivity index (χ2n) is 4.93. The highest BCUT2D eigenvalue weighted by Crippen LogP contribution is 2.31. The summed E-state index contributed by atoms with van der Waals surface area (Å²) in [5.74, 6) is 0.722. The Morgan fingerprint density at radius 1 is 1.55 bits per heavy atom. The first kappa shape index (κ1) is 14.8. The number of carbonyl (C=O) groups excluding carboxylic acids is 1. The van der Waals surface area contributed by atoms with Crippen molar-refractivity contribution in [3.8, 4) is 0 Å². The van der Waals surface area contributed by atoms with E-state index in [4.69, 9.17) is 17.3 Å². The summed E-state index contributed by atoms with van der Waals surface area (Å²) in [4.78, 5) is 21.8. The van der Waals surface area contributed by atoms with Crippen LogP contribution in [0, 0.1) is 0 Å². The van der Waals surface area contributed by atoms with Crippen molar-refractivity contribution in [2.75, 3.05) is 23.3 Å². The van der Waals surface area contributed by atoms with Gasteiger partial charge in [-0.15, -0.1) is 0 Å². The van der Waals surface area contributed by atoms with E-state index in [9.17, 15) is 4.79 Å². The highest BCUT2D eigenvalue weighted by Gasteiger charge is 2.27. The van der Waals surface area contributed by atoms with E-state index in [0.29, 0.717) is 16.8 Å². The zero-order chi connectivity index (χ0) is 14.5. The molecule has 0 unspecified atom stereocenters. The van der Waals surface area contributed by atoms with Crippen LogP contribution in [0.25, 0.3) is 0 Å². The van der Waals surface area contributed by atoms with Gasteiger partial charge in [-0.05, 0) is 19.8 Å². The number of halogens is 1. The van der Waals surface area contributed by atoms with Crippen LogP contribution in [0.15, 0.2) is 6.20 Å². The molecule has 20 heavy (non-hydrogen) atoms. The molecule has 7 heteroatoms. The smallest absolute Gasteiger partial charge is 0.237 e. The number of hydrogen-bond donors (Lipinski definition) is 2. The van der Waals surface area contributed by atoms with Crippen LogP contribution in [0.3, 0.4) is 0 Å². The van der Waals surface area contributed by atoms with Crippen LogP contribution >= 0.6 is 11.6 Å². The average Bonchev–Trinajstić information content (AvgIpc) is 2.92. The predicted octanol–water partition coefficient (Wildman–Crippen LogP) is 1.80. The third kappa shape index (κ3) is 3.50. The number of nitrogens with two attached hydrogens (primary N) is 1. The van der Waals surface area contributed by atoms with Gasteiger partial charge in [0.05, 0.1) is 12.7 Å². The maximum absolute atomic E-state index is 11.3. The summed E-state index contributed by atoms with van der Waals surface area (Å²) in [5, 5.41) is 3.49. The molecule has 3 N–H and O–H groups in total. The highest BCUT2D eigenvalue weighted by molar-refractivity contribution is 6.32. The van der Waals surface area contributed by atoms with Gasteiger partial charge in [0.25, 0.3) is 0 Å². The first-order chi connectivity index (χ1) is 9.61. The second kappa shape index (κ2) is 6.74. The topological polar surface area (TPSA) is 84.1 Å². The minimum absolute atomic E-state index is 0.132. The molecule has 0 atom stereocenters. The van der Waals surface area contributed by atoms with Crippen LogP contribution in [-0.2, 0) is 4.79 Å². The molecule has 0 aromatic carbocycles. The van der Waals surface area contributed by atoms with E-state index in [2.05, 4.69) is 15.3 Å². The van der Waals surface area contributed by atoms with Crippen LogP contribution in [0.5, 0.6) is 0 Å². The van der Waals surface area contributed by atoms with E-state index < -0.39 is 0 Å². The maximum Gasteiger partial charge on any atom is 0.237 e. The lowest BCUT2D eigenvalue weighted by Crippen LogP contribution is -2.41. The number of aromatic nitrogens is 2. The molecule has 0 spiro atoms. The van der Waals surface area contributed by atoms with Gasteiger partial charge >= 0.3 is 0 Å². The van der Waals surface area contributed by atoms with Gasteiger partial charge in [0.2, 0.25) is 11.9 Å². The Bertz CT molecular complexity index is 476. The van der Waals surface area contributed by atoms with E-state index in [1.807, 2.05) is 11.8 Å². The fourth-order valence-electron chi connectivity index (χ4n) is 2.56. The van der Waals surface area contributed by atoms with Crippen molar-refractivity contribution in [1.82, 2.24) is 9.97 Å². The largest absolute Gasteiger partial charge is 0.368 e. The lowest BCUT2D eigenvalue weighted by atomic mass is 10.2. The summed E-state index contributed by atoms with van der Waals surface area (Å²) < 4.78 is 0. The Morgan fingerprint density at radius 2 is 2.25 bits per heavy atom. The average molecular weight is 298 g/mol. The number of nitrogens with zero attached hydrogens (tertiary/aromatic N) is 3. The first-order valence-corrected chi connectivity index (χ1v) is 7.31. The number of carbonyl (C=O) groups is 1. The molecule has 1 amide bonds. The normalized spacial score (nSPS) is 15.3. The van der Waals surface area contributed by atoms with Crippen molar-refractivity contribution < 1.29 is 4.79 Å². The van der Waals surface area contributed by atoms with Crippen LogP contribution < -0.4 is 16.0 Å². The van der Waals surface area contributed by atoms with Gasteiger partial charge in [0, 0.05) is 12.6 Å². The van der Waals surface area contributed by atoms with Gasteiger partial charge in [0.1, 0.15) is 5.02 Å². The minimum atomic E-state index is -0.378. The van der Waals surface area contributed by atoms with Crippen molar-refractivity contribution in [3.63, 3.8) is 0 Å². The fourth-order valence-corrected chi connectivity index (χ4v) is 2.76. The number of anilines is 2. The molecular formula is C13H20ClN5O. The lowest BCUT2D eigenvalue weighted by Gasteiger charge is -2.29. The Labute approximate surface area is 123 Å². The van der Waals surface area contributed by atoms with Crippen LogP contribution in [0.4, 0.5) is 11.8 Å². The zero-order valence-corrected chi connectivity index (χ0v) is 12.4. The Kier molecular flexibility index (Phi) is 5.00. The minimum Gasteiger partial charge on any atom is -0.368 e. The Hall–Kier alpha value is -1.56. The first-order valence-electron chi connectivity index (χ1n) is 6.93. The molecule has 1 heterocycles. The number of nitrogens with one attached hydrogen (secondary N) is 1. The van der Waals surface area contributed by atoms with Gasteiger partial charge in [-0.3, -0.25) is 4.79 Å². The van der Waals surface area contributed by atoms with Crippen LogP contribution in [0.1, 0.15) is 32.6 Å². The molecule has 1 aromatic heterocycles. The standard InChI is InChI=1S/C13H20ClN5O/c1-2-16-13-17-7-10(14)12(18-13)19(8-11(15)20)9-5-3-4-6-9/h7,9H,2-6,8H2,1H3,(H2,15,20)(H,16,17,18). The molecule has 1 fully saturated rings. The van der Waals surface area contributed by atoms with Crippen molar-refractivity contribution in [2.45, 2.75) is 38.6 Å². The third-order valence-electron chi connectivity index (χ3n) is 3.42. The quantitative estimate of drug-likeness (QED) is 0.836. The molecule has 1 aliphatic carbocycles. The maximum atomic E-state index is 11.3. The van der Waals surface area contributed by atoms with Gasteiger partial charge in [-0.1, -0.05) is 24.4 Å². The molecule has 6 nitrogen and oxygen atoms in total. The van der Waals surface area contributed by atoms with Crippen molar-refractivity contribution in [3.05, 3.63) is 11.2 Å². The molecule has 0 saturated heterocycles. The summed E-state index contributed by atoms with van der Waals surface area (Å²) >= 11 is 6.21. The van der Waals surface area contributed by atoms with Gasteiger partial charge in [0.15, 0.2) is 5.82 Å². The Balaban J connectivity index is 2.30. The summed E-state index contributed by atoms with van der Waals surface area (Å²) in [6, 6.07) is 0.268. The number of primary amides is 1. The number of amides is 1. The van der Waals surface area contributed by atoms with Gasteiger partial charge in [-0.25, -0.2) is 4.98 Å². The number of rotatable bonds is 6.